The largest absolute Gasteiger partial charge is 0.379 e. The highest BCUT2D eigenvalue weighted by Gasteiger charge is 2.10. The molecule has 1 aliphatic rings. The van der Waals surface area contributed by atoms with Crippen LogP contribution in [0.1, 0.15) is 0 Å². The predicted octanol–water partition coefficient (Wildman–Crippen LogP) is 0.0771. The van der Waals surface area contributed by atoms with Crippen molar-refractivity contribution in [3.8, 4) is 0 Å². The molecule has 2 N–H and O–H groups in total. The topological polar surface area (TPSA) is 35.2 Å². The minimum atomic E-state index is 0.559. The molecule has 1 atom stereocenters. The van der Waals surface area contributed by atoms with Crippen molar-refractivity contribution in [3.05, 3.63) is 0 Å². The number of thioether (sulfide) groups is 1. The lowest BCUT2D eigenvalue weighted by atomic mass is 10.4. The van der Waals surface area contributed by atoms with Crippen molar-refractivity contribution in [2.75, 3.05) is 25.5 Å². The van der Waals surface area contributed by atoms with E-state index in [1.54, 1.807) is 0 Å². The Hall–Kier alpha value is 0.270. The van der Waals surface area contributed by atoms with Crippen LogP contribution in [0.2, 0.25) is 0 Å². The summed E-state index contributed by atoms with van der Waals surface area (Å²) in [6.07, 6.45) is 0. The van der Waals surface area contributed by atoms with Gasteiger partial charge in [0.1, 0.15) is 0 Å². The molecule has 1 saturated heterocycles. The van der Waals surface area contributed by atoms with E-state index >= 15 is 0 Å². The van der Waals surface area contributed by atoms with Crippen LogP contribution < -0.4 is 5.73 Å². The zero-order valence-corrected chi connectivity index (χ0v) is 5.62. The Morgan fingerprint density at radius 1 is 1.75 bits per heavy atom. The van der Waals surface area contributed by atoms with Crippen LogP contribution in [0.5, 0.6) is 0 Å². The van der Waals surface area contributed by atoms with Gasteiger partial charge in [-0.25, -0.2) is 0 Å². The summed E-state index contributed by atoms with van der Waals surface area (Å²) in [5, 5.41) is 0.559. The van der Waals surface area contributed by atoms with E-state index in [0.29, 0.717) is 5.25 Å². The average Bonchev–Trinajstić information content (AvgIpc) is 1.90. The van der Waals surface area contributed by atoms with Crippen LogP contribution in [-0.2, 0) is 4.74 Å². The summed E-state index contributed by atoms with van der Waals surface area (Å²) < 4.78 is 5.17. The summed E-state index contributed by atoms with van der Waals surface area (Å²) in [7, 11) is 0. The zero-order valence-electron chi connectivity index (χ0n) is 4.80. The van der Waals surface area contributed by atoms with Crippen molar-refractivity contribution >= 4 is 11.8 Å². The number of rotatable bonds is 1. The van der Waals surface area contributed by atoms with Crippen molar-refractivity contribution in [3.63, 3.8) is 0 Å². The van der Waals surface area contributed by atoms with Crippen LogP contribution >= 0.6 is 11.8 Å². The van der Waals surface area contributed by atoms with Gasteiger partial charge in [0.2, 0.25) is 0 Å². The summed E-state index contributed by atoms with van der Waals surface area (Å²) in [4.78, 5) is 0. The van der Waals surface area contributed by atoms with Crippen molar-refractivity contribution in [2.24, 2.45) is 5.73 Å². The van der Waals surface area contributed by atoms with Gasteiger partial charge in [0.25, 0.3) is 0 Å². The zero-order chi connectivity index (χ0) is 5.82. The van der Waals surface area contributed by atoms with Gasteiger partial charge >= 0.3 is 0 Å². The first-order valence-electron chi connectivity index (χ1n) is 2.83. The van der Waals surface area contributed by atoms with Crippen molar-refractivity contribution in [2.45, 2.75) is 5.25 Å². The molecule has 0 saturated carbocycles. The molecule has 1 aliphatic heterocycles. The van der Waals surface area contributed by atoms with Crippen molar-refractivity contribution < 1.29 is 4.74 Å². The quantitative estimate of drug-likeness (QED) is 0.550. The SMILES string of the molecule is NCC1COCCS1. The summed E-state index contributed by atoms with van der Waals surface area (Å²) in [5.41, 5.74) is 5.40. The third-order valence-corrected chi connectivity index (χ3v) is 2.35. The molecule has 1 heterocycles. The number of hydrogen-bond donors (Lipinski definition) is 1. The molecule has 0 radical (unpaired) electrons. The van der Waals surface area contributed by atoms with E-state index in [-0.39, 0.29) is 0 Å². The summed E-state index contributed by atoms with van der Waals surface area (Å²) in [5.74, 6) is 1.11. The Kier molecular flexibility index (Phi) is 2.66. The molecule has 1 rings (SSSR count). The molecule has 0 amide bonds. The predicted molar refractivity (Wildman–Crippen MR) is 36.1 cm³/mol. The molecule has 48 valence electrons. The first-order valence-corrected chi connectivity index (χ1v) is 3.88. The number of nitrogens with two attached hydrogens (primary N) is 1. The van der Waals surface area contributed by atoms with E-state index < -0.39 is 0 Å². The van der Waals surface area contributed by atoms with Gasteiger partial charge in [-0.3, -0.25) is 0 Å². The highest BCUT2D eigenvalue weighted by atomic mass is 32.2. The van der Waals surface area contributed by atoms with Gasteiger partial charge in [0, 0.05) is 17.5 Å². The van der Waals surface area contributed by atoms with Crippen molar-refractivity contribution in [1.82, 2.24) is 0 Å². The minimum absolute atomic E-state index is 0.559. The van der Waals surface area contributed by atoms with Crippen LogP contribution in [0.25, 0.3) is 0 Å². The van der Waals surface area contributed by atoms with Gasteiger partial charge in [-0.2, -0.15) is 11.8 Å². The van der Waals surface area contributed by atoms with E-state index in [2.05, 4.69) is 0 Å². The molecule has 1 unspecified atom stereocenters. The van der Waals surface area contributed by atoms with Gasteiger partial charge in [0.05, 0.1) is 13.2 Å². The van der Waals surface area contributed by atoms with Gasteiger partial charge in [-0.15, -0.1) is 0 Å². The molecule has 2 nitrogen and oxygen atoms in total. The maximum absolute atomic E-state index is 5.40. The van der Waals surface area contributed by atoms with E-state index in [9.17, 15) is 0 Å². The minimum Gasteiger partial charge on any atom is -0.379 e. The molecule has 3 heteroatoms. The van der Waals surface area contributed by atoms with Crippen molar-refractivity contribution in [1.29, 1.82) is 0 Å². The lowest BCUT2D eigenvalue weighted by Crippen LogP contribution is -2.27. The third-order valence-electron chi connectivity index (χ3n) is 1.15. The fourth-order valence-electron chi connectivity index (χ4n) is 0.673. The lowest BCUT2D eigenvalue weighted by Gasteiger charge is -2.19. The molecule has 0 aliphatic carbocycles. The fourth-order valence-corrected chi connectivity index (χ4v) is 1.55. The average molecular weight is 133 g/mol. The van der Waals surface area contributed by atoms with Gasteiger partial charge in [-0.05, 0) is 0 Å². The standard InChI is InChI=1S/C5H11NOS/c6-3-5-4-7-1-2-8-5/h5H,1-4,6H2. The van der Waals surface area contributed by atoms with Crippen LogP contribution in [0.15, 0.2) is 0 Å². The van der Waals surface area contributed by atoms with Crippen LogP contribution in [-0.4, -0.2) is 30.8 Å². The van der Waals surface area contributed by atoms with Gasteiger partial charge in [-0.1, -0.05) is 0 Å². The highest BCUT2D eigenvalue weighted by Crippen LogP contribution is 2.13. The Morgan fingerprint density at radius 2 is 2.62 bits per heavy atom. The first kappa shape index (κ1) is 6.39. The Labute approximate surface area is 53.8 Å². The van der Waals surface area contributed by atoms with Crippen LogP contribution in [0.4, 0.5) is 0 Å². The molecule has 8 heavy (non-hydrogen) atoms. The molecule has 0 aromatic heterocycles. The summed E-state index contributed by atoms with van der Waals surface area (Å²) in [6, 6.07) is 0. The smallest absolute Gasteiger partial charge is 0.0597 e. The Morgan fingerprint density at radius 3 is 3.00 bits per heavy atom. The van der Waals surface area contributed by atoms with E-state index in [0.717, 1.165) is 25.5 Å². The second-order valence-corrected chi connectivity index (χ2v) is 3.21. The fraction of sp³-hybridized carbons (Fsp3) is 1.00. The highest BCUT2D eigenvalue weighted by molar-refractivity contribution is 8.00. The third kappa shape index (κ3) is 1.65. The summed E-state index contributed by atoms with van der Waals surface area (Å²) in [6.45, 7) is 2.51. The molecular formula is C5H11NOS. The molecule has 0 spiro atoms. The molecule has 1 fully saturated rings. The monoisotopic (exact) mass is 133 g/mol. The molecule has 0 aromatic carbocycles. The van der Waals surface area contributed by atoms with Gasteiger partial charge < -0.3 is 10.5 Å². The number of ether oxygens (including phenoxy) is 1. The lowest BCUT2D eigenvalue weighted by molar-refractivity contribution is 0.144. The van der Waals surface area contributed by atoms with Gasteiger partial charge in [0.15, 0.2) is 0 Å². The molecule has 0 bridgehead atoms. The molecular weight excluding hydrogens is 122 g/mol. The van der Waals surface area contributed by atoms with Crippen LogP contribution in [0.3, 0.4) is 0 Å². The van der Waals surface area contributed by atoms with E-state index in [1.165, 1.54) is 0 Å². The van der Waals surface area contributed by atoms with E-state index in [4.69, 9.17) is 10.5 Å². The normalized spacial score (nSPS) is 30.4. The second kappa shape index (κ2) is 3.33. The summed E-state index contributed by atoms with van der Waals surface area (Å²) >= 11 is 1.91. The second-order valence-electron chi connectivity index (χ2n) is 1.80. The maximum Gasteiger partial charge on any atom is 0.0597 e. The van der Waals surface area contributed by atoms with E-state index in [1.807, 2.05) is 11.8 Å². The number of hydrogen-bond acceptors (Lipinski definition) is 3. The Balaban J connectivity index is 2.13. The Bertz CT molecular complexity index is 63.4. The molecule has 0 aromatic rings. The first-order chi connectivity index (χ1) is 3.93. The maximum atomic E-state index is 5.40. The van der Waals surface area contributed by atoms with Crippen LogP contribution in [0, 0.1) is 0 Å².